The van der Waals surface area contributed by atoms with Crippen LogP contribution in [0.4, 0.5) is 0 Å². The number of hydrogen-bond acceptors (Lipinski definition) is 8. The molecule has 0 aromatic heterocycles. The summed E-state index contributed by atoms with van der Waals surface area (Å²) in [6, 6.07) is -4.85. The Hall–Kier alpha value is -3.26. The summed E-state index contributed by atoms with van der Waals surface area (Å²) in [4.78, 5) is 69.0. The second-order valence-corrected chi connectivity index (χ2v) is 5.79. The molecule has 0 aliphatic rings. The normalized spacial score (nSPS) is 14.7. The van der Waals surface area contributed by atoms with Crippen molar-refractivity contribution >= 4 is 35.5 Å². The van der Waals surface area contributed by atoms with Gasteiger partial charge in [-0.3, -0.25) is 24.0 Å². The van der Waals surface area contributed by atoms with Crippen LogP contribution in [0.15, 0.2) is 0 Å². The van der Waals surface area contributed by atoms with Crippen molar-refractivity contribution in [1.82, 2.24) is 16.0 Å². The first kappa shape index (κ1) is 24.7. The summed E-state index contributed by atoms with van der Waals surface area (Å²) in [7, 11) is 0. The van der Waals surface area contributed by atoms with Crippen molar-refractivity contribution in [2.24, 2.45) is 17.2 Å². The van der Waals surface area contributed by atoms with Crippen molar-refractivity contribution in [2.45, 2.75) is 44.0 Å². The molecular weight excluding hydrogens is 380 g/mol. The van der Waals surface area contributed by atoms with Gasteiger partial charge in [-0.2, -0.15) is 0 Å². The minimum atomic E-state index is -1.69. The first-order chi connectivity index (χ1) is 12.9. The van der Waals surface area contributed by atoms with E-state index in [0.29, 0.717) is 0 Å². The maximum atomic E-state index is 12.3. The highest BCUT2D eigenvalue weighted by Crippen LogP contribution is 2.01. The molecule has 0 saturated carbocycles. The smallest absolute Gasteiger partial charge is 0.326 e. The van der Waals surface area contributed by atoms with Gasteiger partial charge in [0.15, 0.2) is 0 Å². The summed E-state index contributed by atoms with van der Waals surface area (Å²) in [5.74, 6) is -6.49. The first-order valence-corrected chi connectivity index (χ1v) is 7.96. The van der Waals surface area contributed by atoms with Gasteiger partial charge in [0.05, 0.1) is 25.5 Å². The molecule has 28 heavy (non-hydrogen) atoms. The Bertz CT molecular complexity index is 637. The van der Waals surface area contributed by atoms with Gasteiger partial charge in [-0.05, 0) is 6.92 Å². The van der Waals surface area contributed by atoms with Crippen LogP contribution < -0.4 is 33.2 Å². The van der Waals surface area contributed by atoms with Gasteiger partial charge in [-0.1, -0.05) is 0 Å². The average Bonchev–Trinajstić information content (AvgIpc) is 2.56. The van der Waals surface area contributed by atoms with E-state index < -0.39 is 79.1 Å². The lowest BCUT2D eigenvalue weighted by molar-refractivity contribution is -0.144. The quantitative estimate of drug-likeness (QED) is 0.154. The van der Waals surface area contributed by atoms with Gasteiger partial charge >= 0.3 is 5.97 Å². The maximum Gasteiger partial charge on any atom is 0.326 e. The molecule has 0 spiro atoms. The van der Waals surface area contributed by atoms with Crippen LogP contribution in [0.5, 0.6) is 0 Å². The SMILES string of the molecule is CC(O)C(NC(=O)C(CC(N)=O)NC(=O)CN)C(=O)NC(CC(N)=O)C(=O)O. The van der Waals surface area contributed by atoms with Gasteiger partial charge < -0.3 is 43.4 Å². The number of hydrogen-bond donors (Lipinski definition) is 8. The monoisotopic (exact) mass is 404 g/mol. The summed E-state index contributed by atoms with van der Waals surface area (Å²) in [6.45, 7) is 0.631. The largest absolute Gasteiger partial charge is 0.480 e. The lowest BCUT2D eigenvalue weighted by atomic mass is 10.1. The topological polar surface area (TPSA) is 257 Å². The number of nitrogens with two attached hydrogens (primary N) is 3. The van der Waals surface area contributed by atoms with Crippen molar-refractivity contribution < 1.29 is 39.0 Å². The highest BCUT2D eigenvalue weighted by molar-refractivity contribution is 5.96. The third kappa shape index (κ3) is 8.91. The van der Waals surface area contributed by atoms with E-state index in [0.717, 1.165) is 6.92 Å². The van der Waals surface area contributed by atoms with E-state index in [1.807, 2.05) is 5.32 Å². The van der Waals surface area contributed by atoms with E-state index in [4.69, 9.17) is 22.3 Å². The fourth-order valence-electron chi connectivity index (χ4n) is 1.99. The number of carbonyl (C=O) groups is 6. The fourth-order valence-corrected chi connectivity index (χ4v) is 1.99. The van der Waals surface area contributed by atoms with E-state index in [9.17, 15) is 33.9 Å². The summed E-state index contributed by atoms with van der Waals surface area (Å²) < 4.78 is 0. The van der Waals surface area contributed by atoms with E-state index in [-0.39, 0.29) is 0 Å². The Morgan fingerprint density at radius 3 is 1.75 bits per heavy atom. The Morgan fingerprint density at radius 2 is 1.36 bits per heavy atom. The van der Waals surface area contributed by atoms with Crippen LogP contribution in [0.1, 0.15) is 19.8 Å². The van der Waals surface area contributed by atoms with Crippen LogP contribution in [0.25, 0.3) is 0 Å². The molecular formula is C14H24N6O8. The summed E-state index contributed by atoms with van der Waals surface area (Å²) in [6.07, 6.45) is -2.85. The lowest BCUT2D eigenvalue weighted by Gasteiger charge is -2.25. The van der Waals surface area contributed by atoms with E-state index in [2.05, 4.69) is 10.6 Å². The predicted molar refractivity (Wildman–Crippen MR) is 91.8 cm³/mol. The molecule has 0 radical (unpaired) electrons. The van der Waals surface area contributed by atoms with Crippen LogP contribution in [0, 0.1) is 0 Å². The van der Waals surface area contributed by atoms with Gasteiger partial charge in [-0.25, -0.2) is 4.79 Å². The molecule has 14 heteroatoms. The van der Waals surface area contributed by atoms with Gasteiger partial charge in [0.1, 0.15) is 18.1 Å². The Balaban J connectivity index is 5.33. The molecule has 0 aromatic rings. The van der Waals surface area contributed by atoms with Gasteiger partial charge in [0, 0.05) is 0 Å². The van der Waals surface area contributed by atoms with Crippen molar-refractivity contribution in [3.8, 4) is 0 Å². The molecule has 0 aromatic carbocycles. The highest BCUT2D eigenvalue weighted by Gasteiger charge is 2.33. The Labute approximate surface area is 159 Å². The molecule has 158 valence electrons. The van der Waals surface area contributed by atoms with Crippen LogP contribution in [0.2, 0.25) is 0 Å². The first-order valence-electron chi connectivity index (χ1n) is 7.96. The second kappa shape index (κ2) is 11.5. The van der Waals surface area contributed by atoms with Gasteiger partial charge in [0.2, 0.25) is 29.5 Å². The third-order valence-corrected chi connectivity index (χ3v) is 3.32. The summed E-state index contributed by atoms with van der Waals surface area (Å²) >= 11 is 0. The number of primary amides is 2. The molecule has 14 nitrogen and oxygen atoms in total. The van der Waals surface area contributed by atoms with Crippen molar-refractivity contribution in [1.29, 1.82) is 0 Å². The number of aliphatic carboxylic acids is 1. The number of carboxylic acid groups (broad SMARTS) is 1. The zero-order chi connectivity index (χ0) is 22.0. The standard InChI is InChI=1S/C14H24N6O8/c1-5(21)11(13(26)19-7(14(27)28)3-9(17)23)20-12(25)6(2-8(16)22)18-10(24)4-15/h5-7,11,21H,2-4,15H2,1H3,(H2,16,22)(H2,17,23)(H,18,24)(H,19,26)(H,20,25)(H,27,28). The summed E-state index contributed by atoms with van der Waals surface area (Å²) in [5, 5.41) is 24.9. The molecule has 5 amide bonds. The summed E-state index contributed by atoms with van der Waals surface area (Å²) in [5.41, 5.74) is 15.0. The number of aliphatic hydroxyl groups excluding tert-OH is 1. The van der Waals surface area contributed by atoms with Gasteiger partial charge in [0.25, 0.3) is 0 Å². The van der Waals surface area contributed by atoms with E-state index in [1.165, 1.54) is 0 Å². The molecule has 0 aliphatic carbocycles. The number of aliphatic hydroxyl groups is 1. The third-order valence-electron chi connectivity index (χ3n) is 3.32. The van der Waals surface area contributed by atoms with E-state index in [1.54, 1.807) is 0 Å². The number of rotatable bonds is 12. The van der Waals surface area contributed by atoms with Crippen molar-refractivity contribution in [3.05, 3.63) is 0 Å². The van der Waals surface area contributed by atoms with Crippen LogP contribution in [-0.2, 0) is 28.8 Å². The minimum absolute atomic E-state index is 0.490. The zero-order valence-corrected chi connectivity index (χ0v) is 15.0. The Kier molecular flexibility index (Phi) is 10.1. The number of carboxylic acids is 1. The molecule has 0 rings (SSSR count). The van der Waals surface area contributed by atoms with E-state index >= 15 is 0 Å². The number of carbonyl (C=O) groups excluding carboxylic acids is 5. The predicted octanol–water partition coefficient (Wildman–Crippen LogP) is -5.38. The van der Waals surface area contributed by atoms with Crippen molar-refractivity contribution in [3.63, 3.8) is 0 Å². The molecule has 0 saturated heterocycles. The maximum absolute atomic E-state index is 12.3. The molecule has 4 atom stereocenters. The fraction of sp³-hybridized carbons (Fsp3) is 0.571. The molecule has 0 bridgehead atoms. The zero-order valence-electron chi connectivity index (χ0n) is 15.0. The number of nitrogens with one attached hydrogen (secondary N) is 3. The van der Waals surface area contributed by atoms with Gasteiger partial charge in [-0.15, -0.1) is 0 Å². The second-order valence-electron chi connectivity index (χ2n) is 5.79. The van der Waals surface area contributed by atoms with Crippen LogP contribution >= 0.6 is 0 Å². The number of amides is 5. The Morgan fingerprint density at radius 1 is 0.857 bits per heavy atom. The molecule has 4 unspecified atom stereocenters. The molecule has 0 aliphatic heterocycles. The lowest BCUT2D eigenvalue weighted by Crippen LogP contribution is -2.60. The van der Waals surface area contributed by atoms with Crippen LogP contribution in [-0.4, -0.2) is 76.5 Å². The van der Waals surface area contributed by atoms with Crippen molar-refractivity contribution in [2.75, 3.05) is 6.54 Å². The molecule has 0 heterocycles. The van der Waals surface area contributed by atoms with Crippen LogP contribution in [0.3, 0.4) is 0 Å². The average molecular weight is 404 g/mol. The minimum Gasteiger partial charge on any atom is -0.480 e. The molecule has 0 fully saturated rings. The highest BCUT2D eigenvalue weighted by atomic mass is 16.4. The molecule has 11 N–H and O–H groups in total.